The Labute approximate surface area is 134 Å². The highest BCUT2D eigenvalue weighted by molar-refractivity contribution is 5.74. The number of nitrogens with zero attached hydrogens (tertiary/aromatic N) is 2. The van der Waals surface area contributed by atoms with Crippen LogP contribution in [0.3, 0.4) is 0 Å². The third kappa shape index (κ3) is 3.25. The van der Waals surface area contributed by atoms with E-state index >= 15 is 0 Å². The number of carbonyl (C=O) groups excluding carboxylic acids is 1. The smallest absolute Gasteiger partial charge is 0.317 e. The molecule has 2 unspecified atom stereocenters. The van der Waals surface area contributed by atoms with Gasteiger partial charge in [-0.1, -0.05) is 6.92 Å². The quantitative estimate of drug-likeness (QED) is 0.833. The summed E-state index contributed by atoms with van der Waals surface area (Å²) >= 11 is 0. The van der Waals surface area contributed by atoms with Gasteiger partial charge in [-0.3, -0.25) is 4.90 Å². The van der Waals surface area contributed by atoms with Crippen LogP contribution >= 0.6 is 0 Å². The van der Waals surface area contributed by atoms with Gasteiger partial charge in [-0.05, 0) is 50.9 Å². The average Bonchev–Trinajstić information content (AvgIpc) is 3.31. The molecule has 1 saturated carbocycles. The molecule has 22 heavy (non-hydrogen) atoms. The fourth-order valence-electron chi connectivity index (χ4n) is 4.15. The van der Waals surface area contributed by atoms with Crippen LogP contribution < -0.4 is 5.32 Å². The van der Waals surface area contributed by atoms with Gasteiger partial charge in [0.25, 0.3) is 0 Å². The molecule has 0 aromatic rings. The van der Waals surface area contributed by atoms with Crippen LogP contribution in [-0.4, -0.2) is 65.3 Å². The van der Waals surface area contributed by atoms with Crippen molar-refractivity contribution in [1.82, 2.24) is 15.1 Å². The van der Waals surface area contributed by atoms with E-state index in [0.29, 0.717) is 12.1 Å². The Morgan fingerprint density at radius 2 is 2.00 bits per heavy atom. The lowest BCUT2D eigenvalue weighted by Gasteiger charge is -2.40. The summed E-state index contributed by atoms with van der Waals surface area (Å²) in [5, 5.41) is 12.8. The maximum absolute atomic E-state index is 12.5. The summed E-state index contributed by atoms with van der Waals surface area (Å²) in [5.41, 5.74) is 0.0431. The molecule has 1 aliphatic carbocycles. The Balaban J connectivity index is 1.47. The van der Waals surface area contributed by atoms with Crippen molar-refractivity contribution in [2.24, 2.45) is 5.41 Å². The minimum absolute atomic E-state index is 0.0431. The Hall–Kier alpha value is -0.810. The summed E-state index contributed by atoms with van der Waals surface area (Å²) in [6, 6.07) is 1.78. The maximum atomic E-state index is 12.5. The number of carbonyl (C=O) groups is 1. The van der Waals surface area contributed by atoms with Crippen molar-refractivity contribution in [1.29, 1.82) is 0 Å². The molecule has 126 valence electrons. The number of nitrogens with one attached hydrogen (secondary N) is 1. The molecule has 2 atom stereocenters. The van der Waals surface area contributed by atoms with Crippen molar-refractivity contribution in [3.63, 3.8) is 0 Å². The van der Waals surface area contributed by atoms with Crippen LogP contribution in [0.25, 0.3) is 0 Å². The average molecular weight is 309 g/mol. The van der Waals surface area contributed by atoms with E-state index in [0.717, 1.165) is 51.4 Å². The molecule has 0 bridgehead atoms. The molecule has 3 aliphatic rings. The number of rotatable bonds is 4. The van der Waals surface area contributed by atoms with Gasteiger partial charge in [-0.25, -0.2) is 4.79 Å². The first kappa shape index (κ1) is 16.1. The molecular weight excluding hydrogens is 278 g/mol. The van der Waals surface area contributed by atoms with Crippen molar-refractivity contribution in [2.75, 3.05) is 26.2 Å². The zero-order valence-electron chi connectivity index (χ0n) is 14.1. The molecule has 2 N–H and O–H groups in total. The van der Waals surface area contributed by atoms with E-state index in [1.165, 1.54) is 12.8 Å². The fourth-order valence-corrected chi connectivity index (χ4v) is 4.15. The minimum atomic E-state index is 0.0431. The fraction of sp³-hybridized carbons (Fsp3) is 0.941. The lowest BCUT2D eigenvalue weighted by atomic mass is 9.77. The van der Waals surface area contributed by atoms with E-state index in [2.05, 4.69) is 24.1 Å². The molecule has 0 aromatic carbocycles. The summed E-state index contributed by atoms with van der Waals surface area (Å²) in [7, 11) is 0. The van der Waals surface area contributed by atoms with Crippen molar-refractivity contribution >= 4 is 6.03 Å². The van der Waals surface area contributed by atoms with Gasteiger partial charge in [0, 0.05) is 44.4 Å². The molecule has 0 aromatic heterocycles. The predicted octanol–water partition coefficient (Wildman–Crippen LogP) is 1.81. The lowest BCUT2D eigenvalue weighted by Crippen LogP contribution is -2.51. The van der Waals surface area contributed by atoms with Crippen molar-refractivity contribution in [3.8, 4) is 0 Å². The Bertz CT molecular complexity index is 397. The topological polar surface area (TPSA) is 55.8 Å². The molecule has 5 heteroatoms. The largest absolute Gasteiger partial charge is 0.396 e. The second-order valence-corrected chi connectivity index (χ2v) is 7.66. The summed E-state index contributed by atoms with van der Waals surface area (Å²) in [6.45, 7) is 7.22. The van der Waals surface area contributed by atoms with Crippen molar-refractivity contribution in [3.05, 3.63) is 0 Å². The number of amides is 2. The Morgan fingerprint density at radius 3 is 2.55 bits per heavy atom. The molecule has 2 heterocycles. The van der Waals surface area contributed by atoms with E-state index in [4.69, 9.17) is 0 Å². The second-order valence-electron chi connectivity index (χ2n) is 7.66. The van der Waals surface area contributed by atoms with Crippen molar-refractivity contribution in [2.45, 2.75) is 70.5 Å². The minimum Gasteiger partial charge on any atom is -0.396 e. The van der Waals surface area contributed by atoms with Gasteiger partial charge in [0.05, 0.1) is 0 Å². The molecule has 3 rings (SSSR count). The molecule has 0 radical (unpaired) electrons. The normalized spacial score (nSPS) is 32.2. The van der Waals surface area contributed by atoms with Gasteiger partial charge < -0.3 is 15.3 Å². The zero-order valence-corrected chi connectivity index (χ0v) is 14.1. The third-order valence-corrected chi connectivity index (χ3v) is 6.16. The van der Waals surface area contributed by atoms with Gasteiger partial charge in [-0.15, -0.1) is 0 Å². The molecule has 0 spiro atoms. The van der Waals surface area contributed by atoms with Crippen LogP contribution in [0, 0.1) is 5.41 Å². The Kier molecular flexibility index (Phi) is 4.64. The molecular formula is C17H31N3O2. The predicted molar refractivity (Wildman–Crippen MR) is 86.7 cm³/mol. The van der Waals surface area contributed by atoms with E-state index in [1.807, 2.05) is 4.90 Å². The van der Waals surface area contributed by atoms with Gasteiger partial charge in [0.15, 0.2) is 0 Å². The van der Waals surface area contributed by atoms with Crippen molar-refractivity contribution < 1.29 is 9.90 Å². The second kappa shape index (κ2) is 6.36. The van der Waals surface area contributed by atoms with Crippen LogP contribution in [0.4, 0.5) is 4.79 Å². The molecule has 2 aliphatic heterocycles. The van der Waals surface area contributed by atoms with Crippen LogP contribution in [0.5, 0.6) is 0 Å². The molecule has 2 saturated heterocycles. The van der Waals surface area contributed by atoms with Crippen LogP contribution in [0.15, 0.2) is 0 Å². The third-order valence-electron chi connectivity index (χ3n) is 6.16. The first-order valence-corrected chi connectivity index (χ1v) is 8.99. The molecule has 3 fully saturated rings. The standard InChI is InChI=1S/C17H31N3O2/c1-3-17(12-21)6-8-19(9-7-17)16(22)18-14-10-13(2)20(11-14)15-4-5-15/h13-15,21H,3-12H2,1-2H3,(H,18,22). The number of hydrogen-bond donors (Lipinski definition) is 2. The zero-order chi connectivity index (χ0) is 15.7. The number of aliphatic hydroxyl groups excluding tert-OH is 1. The number of piperidine rings is 1. The number of likely N-dealkylation sites (tertiary alicyclic amines) is 2. The monoisotopic (exact) mass is 309 g/mol. The maximum Gasteiger partial charge on any atom is 0.317 e. The Morgan fingerprint density at radius 1 is 1.32 bits per heavy atom. The van der Waals surface area contributed by atoms with Gasteiger partial charge >= 0.3 is 6.03 Å². The highest BCUT2D eigenvalue weighted by Crippen LogP contribution is 2.35. The summed E-state index contributed by atoms with van der Waals surface area (Å²) in [6.07, 6.45) is 6.57. The van der Waals surface area contributed by atoms with E-state index in [1.54, 1.807) is 0 Å². The van der Waals surface area contributed by atoms with E-state index < -0.39 is 0 Å². The van der Waals surface area contributed by atoms with E-state index in [-0.39, 0.29) is 18.1 Å². The van der Waals surface area contributed by atoms with Crippen LogP contribution in [0.2, 0.25) is 0 Å². The van der Waals surface area contributed by atoms with E-state index in [9.17, 15) is 9.90 Å². The van der Waals surface area contributed by atoms with Gasteiger partial charge in [-0.2, -0.15) is 0 Å². The van der Waals surface area contributed by atoms with Crippen LogP contribution in [0.1, 0.15) is 52.4 Å². The first-order chi connectivity index (χ1) is 10.6. The summed E-state index contributed by atoms with van der Waals surface area (Å²) < 4.78 is 0. The summed E-state index contributed by atoms with van der Waals surface area (Å²) in [5.74, 6) is 0. The molecule has 2 amide bonds. The first-order valence-electron chi connectivity index (χ1n) is 8.99. The van der Waals surface area contributed by atoms with Gasteiger partial charge in [0.1, 0.15) is 0 Å². The molecule has 5 nitrogen and oxygen atoms in total. The van der Waals surface area contributed by atoms with Gasteiger partial charge in [0.2, 0.25) is 0 Å². The number of hydrogen-bond acceptors (Lipinski definition) is 3. The lowest BCUT2D eigenvalue weighted by molar-refractivity contribution is 0.0515. The number of urea groups is 1. The van der Waals surface area contributed by atoms with Crippen LogP contribution in [-0.2, 0) is 0 Å². The highest BCUT2D eigenvalue weighted by atomic mass is 16.3. The SMILES string of the molecule is CCC1(CO)CCN(C(=O)NC2CC(C)N(C3CC3)C2)CC1. The highest BCUT2D eigenvalue weighted by Gasteiger charge is 2.40. The summed E-state index contributed by atoms with van der Waals surface area (Å²) in [4.78, 5) is 17.0. The number of aliphatic hydroxyl groups is 1.